The zero-order valence-corrected chi connectivity index (χ0v) is 13.4. The molecule has 1 heterocycles. The second-order valence-electron chi connectivity index (χ2n) is 5.20. The molecular weight excluding hydrogens is 272 g/mol. The largest absolute Gasteiger partial charge is 0.465 e. The summed E-state index contributed by atoms with van der Waals surface area (Å²) in [6, 6.07) is 1.79. The minimum Gasteiger partial charge on any atom is -0.465 e. The normalized spacial score (nSPS) is 11.0. The molecule has 1 aromatic heterocycles. The van der Waals surface area contributed by atoms with Crippen LogP contribution in [0.4, 0.5) is 0 Å². The molecule has 0 saturated heterocycles. The first-order chi connectivity index (χ1) is 9.87. The number of nitrogens with zero attached hydrogens (tertiary/aromatic N) is 1. The molecule has 0 aliphatic heterocycles. The molecule has 0 aliphatic rings. The fourth-order valence-corrected chi connectivity index (χ4v) is 2.00. The fraction of sp³-hybridized carbons (Fsp3) is 0.600. The van der Waals surface area contributed by atoms with Crippen molar-refractivity contribution in [3.05, 3.63) is 23.2 Å². The highest BCUT2D eigenvalue weighted by Gasteiger charge is 2.18. The van der Waals surface area contributed by atoms with E-state index >= 15 is 0 Å². The lowest BCUT2D eigenvalue weighted by Crippen LogP contribution is -2.39. The van der Waals surface area contributed by atoms with E-state index in [1.165, 1.54) is 7.11 Å². The summed E-state index contributed by atoms with van der Waals surface area (Å²) in [4.78, 5) is 25.3. The third kappa shape index (κ3) is 5.23. The summed E-state index contributed by atoms with van der Waals surface area (Å²) in [5.41, 5.74) is 0.426. The molecule has 0 unspecified atom stereocenters. The van der Waals surface area contributed by atoms with Crippen LogP contribution in [0.25, 0.3) is 0 Å². The molecule has 0 atom stereocenters. The lowest BCUT2D eigenvalue weighted by atomic mass is 10.2. The van der Waals surface area contributed by atoms with E-state index in [1.54, 1.807) is 13.0 Å². The second-order valence-corrected chi connectivity index (χ2v) is 5.20. The molecule has 1 rings (SSSR count). The maximum atomic E-state index is 11.8. The van der Waals surface area contributed by atoms with Crippen molar-refractivity contribution < 1.29 is 18.7 Å². The van der Waals surface area contributed by atoms with Gasteiger partial charge in [-0.05, 0) is 33.4 Å². The van der Waals surface area contributed by atoms with Crippen LogP contribution in [0.2, 0.25) is 0 Å². The van der Waals surface area contributed by atoms with Gasteiger partial charge in [0.1, 0.15) is 17.1 Å². The molecule has 6 heteroatoms. The first-order valence-corrected chi connectivity index (χ1v) is 7.06. The molecule has 118 valence electrons. The Morgan fingerprint density at radius 1 is 1.43 bits per heavy atom. The van der Waals surface area contributed by atoms with E-state index in [0.717, 1.165) is 0 Å². The highest BCUT2D eigenvalue weighted by molar-refractivity contribution is 5.90. The quantitative estimate of drug-likeness (QED) is 0.776. The fourth-order valence-electron chi connectivity index (χ4n) is 2.00. The number of methoxy groups -OCH3 is 1. The smallest absolute Gasteiger partial charge is 0.341 e. The van der Waals surface area contributed by atoms with Gasteiger partial charge in [0.15, 0.2) is 0 Å². The van der Waals surface area contributed by atoms with Crippen molar-refractivity contribution in [2.45, 2.75) is 40.3 Å². The molecule has 0 radical (unpaired) electrons. The standard InChI is InChI=1S/C15H24N2O4/c1-6-17(9-14(18)16-10(2)3)8-12-7-13(11(4)21-12)15(19)20-5/h7,10H,6,8-9H2,1-5H3,(H,16,18). The van der Waals surface area contributed by atoms with Crippen molar-refractivity contribution in [1.82, 2.24) is 10.2 Å². The van der Waals surface area contributed by atoms with Gasteiger partial charge in [0, 0.05) is 6.04 Å². The summed E-state index contributed by atoms with van der Waals surface area (Å²) >= 11 is 0. The maximum Gasteiger partial charge on any atom is 0.341 e. The van der Waals surface area contributed by atoms with Crippen LogP contribution in [0.1, 0.15) is 42.6 Å². The van der Waals surface area contributed by atoms with Crippen LogP contribution in [-0.4, -0.2) is 43.0 Å². The summed E-state index contributed by atoms with van der Waals surface area (Å²) in [6.45, 7) is 9.01. The molecule has 0 aliphatic carbocycles. The Bertz CT molecular complexity index is 494. The molecular formula is C15H24N2O4. The molecule has 1 N–H and O–H groups in total. The first kappa shape index (κ1) is 17.2. The van der Waals surface area contributed by atoms with Gasteiger partial charge < -0.3 is 14.5 Å². The number of ether oxygens (including phenoxy) is 1. The van der Waals surface area contributed by atoms with Gasteiger partial charge >= 0.3 is 5.97 Å². The minimum absolute atomic E-state index is 0.0247. The predicted octanol–water partition coefficient (Wildman–Crippen LogP) is 1.72. The topological polar surface area (TPSA) is 71.8 Å². The number of carbonyl (C=O) groups is 2. The molecule has 0 bridgehead atoms. The number of hydrogen-bond acceptors (Lipinski definition) is 5. The number of nitrogens with one attached hydrogen (secondary N) is 1. The number of hydrogen-bond donors (Lipinski definition) is 1. The molecule has 0 fully saturated rings. The minimum atomic E-state index is -0.414. The molecule has 0 spiro atoms. The van der Waals surface area contributed by atoms with Gasteiger partial charge in [-0.25, -0.2) is 4.79 Å². The first-order valence-electron chi connectivity index (χ1n) is 7.06. The van der Waals surface area contributed by atoms with Crippen LogP contribution in [0.5, 0.6) is 0 Å². The maximum absolute atomic E-state index is 11.8. The summed E-state index contributed by atoms with van der Waals surface area (Å²) in [5, 5.41) is 2.85. The van der Waals surface area contributed by atoms with E-state index in [1.807, 2.05) is 25.7 Å². The van der Waals surface area contributed by atoms with Gasteiger partial charge in [-0.1, -0.05) is 6.92 Å². The Balaban J connectivity index is 2.69. The van der Waals surface area contributed by atoms with E-state index in [2.05, 4.69) is 5.32 Å². The van der Waals surface area contributed by atoms with Crippen LogP contribution >= 0.6 is 0 Å². The van der Waals surface area contributed by atoms with Gasteiger partial charge in [-0.3, -0.25) is 9.69 Å². The average Bonchev–Trinajstić information content (AvgIpc) is 2.77. The SMILES string of the molecule is CCN(CC(=O)NC(C)C)Cc1cc(C(=O)OC)c(C)o1. The lowest BCUT2D eigenvalue weighted by Gasteiger charge is -2.19. The zero-order valence-electron chi connectivity index (χ0n) is 13.4. The van der Waals surface area contributed by atoms with Crippen LogP contribution < -0.4 is 5.32 Å². The van der Waals surface area contributed by atoms with E-state index in [9.17, 15) is 9.59 Å². The Labute approximate surface area is 125 Å². The van der Waals surface area contributed by atoms with Crippen molar-refractivity contribution in [1.29, 1.82) is 0 Å². The average molecular weight is 296 g/mol. The van der Waals surface area contributed by atoms with E-state index in [-0.39, 0.29) is 11.9 Å². The van der Waals surface area contributed by atoms with Crippen LogP contribution in [0, 0.1) is 6.92 Å². The van der Waals surface area contributed by atoms with Crippen molar-refractivity contribution in [2.75, 3.05) is 20.2 Å². The summed E-state index contributed by atoms with van der Waals surface area (Å²) in [6.07, 6.45) is 0. The van der Waals surface area contributed by atoms with Gasteiger partial charge in [-0.15, -0.1) is 0 Å². The Kier molecular flexibility index (Phi) is 6.42. The lowest BCUT2D eigenvalue weighted by molar-refractivity contribution is -0.122. The number of rotatable bonds is 7. The van der Waals surface area contributed by atoms with Crippen LogP contribution in [0.15, 0.2) is 10.5 Å². The molecule has 1 amide bonds. The molecule has 1 aromatic rings. The number of esters is 1. The van der Waals surface area contributed by atoms with Crippen molar-refractivity contribution in [3.8, 4) is 0 Å². The molecule has 0 saturated carbocycles. The van der Waals surface area contributed by atoms with Crippen LogP contribution in [0.3, 0.4) is 0 Å². The third-order valence-corrected chi connectivity index (χ3v) is 3.02. The number of amides is 1. The monoisotopic (exact) mass is 296 g/mol. The summed E-state index contributed by atoms with van der Waals surface area (Å²) in [5.74, 6) is 0.734. The van der Waals surface area contributed by atoms with Gasteiger partial charge in [0.05, 0.1) is 20.2 Å². The predicted molar refractivity (Wildman–Crippen MR) is 79.0 cm³/mol. The van der Waals surface area contributed by atoms with Gasteiger partial charge in [0.25, 0.3) is 0 Å². The molecule has 0 aromatic carbocycles. The Hall–Kier alpha value is -1.82. The number of aryl methyl sites for hydroxylation is 1. The molecule has 21 heavy (non-hydrogen) atoms. The van der Waals surface area contributed by atoms with Crippen molar-refractivity contribution >= 4 is 11.9 Å². The van der Waals surface area contributed by atoms with Gasteiger partial charge in [-0.2, -0.15) is 0 Å². The number of likely N-dealkylation sites (N-methyl/N-ethyl adjacent to an activating group) is 1. The highest BCUT2D eigenvalue weighted by atomic mass is 16.5. The highest BCUT2D eigenvalue weighted by Crippen LogP contribution is 2.17. The van der Waals surface area contributed by atoms with Crippen molar-refractivity contribution in [2.24, 2.45) is 0 Å². The van der Waals surface area contributed by atoms with Gasteiger partial charge in [0.2, 0.25) is 5.91 Å². The third-order valence-electron chi connectivity index (χ3n) is 3.02. The zero-order chi connectivity index (χ0) is 16.0. The number of furan rings is 1. The van der Waals surface area contributed by atoms with E-state index < -0.39 is 5.97 Å². The number of carbonyl (C=O) groups excluding carboxylic acids is 2. The van der Waals surface area contributed by atoms with Crippen molar-refractivity contribution in [3.63, 3.8) is 0 Å². The van der Waals surface area contributed by atoms with E-state index in [4.69, 9.17) is 9.15 Å². The Morgan fingerprint density at radius 2 is 2.10 bits per heavy atom. The summed E-state index contributed by atoms with van der Waals surface area (Å²) < 4.78 is 10.3. The van der Waals surface area contributed by atoms with E-state index in [0.29, 0.717) is 36.7 Å². The molecule has 6 nitrogen and oxygen atoms in total. The van der Waals surface area contributed by atoms with Crippen LogP contribution in [-0.2, 0) is 16.1 Å². The summed E-state index contributed by atoms with van der Waals surface area (Å²) in [7, 11) is 1.34. The Morgan fingerprint density at radius 3 is 2.62 bits per heavy atom. The second kappa shape index (κ2) is 7.83.